The van der Waals surface area contributed by atoms with E-state index in [4.69, 9.17) is 18.9 Å². The second-order valence-electron chi connectivity index (χ2n) is 18.4. The molecule has 0 aromatic carbocycles. The number of ketones is 1. The molecule has 10 heteroatoms. The van der Waals surface area contributed by atoms with Crippen LogP contribution in [0.3, 0.4) is 0 Å². The number of Topliss-reactive ketones (excluding diaryl/α,β-unsaturated/α-hetero) is 1. The van der Waals surface area contributed by atoms with E-state index in [1.165, 1.54) is 6.92 Å². The molecule has 266 valence electrons. The van der Waals surface area contributed by atoms with E-state index >= 15 is 0 Å². The lowest BCUT2D eigenvalue weighted by Crippen LogP contribution is -2.60. The Kier molecular flexibility index (Phi) is 7.80. The Morgan fingerprint density at radius 3 is 2.30 bits per heavy atom. The molecule has 0 radical (unpaired) electrons. The average Bonchev–Trinajstić information content (AvgIpc) is 3.61. The van der Waals surface area contributed by atoms with Gasteiger partial charge in [-0.3, -0.25) is 9.59 Å². The summed E-state index contributed by atoms with van der Waals surface area (Å²) in [6, 6.07) is 0. The Labute approximate surface area is 279 Å². The van der Waals surface area contributed by atoms with Gasteiger partial charge in [-0.25, -0.2) is 0 Å². The monoisotopic (exact) mass is 662 g/mol. The summed E-state index contributed by atoms with van der Waals surface area (Å²) in [5, 5.41) is 41.8. The van der Waals surface area contributed by atoms with Crippen molar-refractivity contribution in [3.05, 3.63) is 0 Å². The van der Waals surface area contributed by atoms with E-state index in [2.05, 4.69) is 34.6 Å². The maximum atomic E-state index is 15.0. The molecule has 10 nitrogen and oxygen atoms in total. The summed E-state index contributed by atoms with van der Waals surface area (Å²) >= 11 is 0. The molecular formula is C37H58O10. The van der Waals surface area contributed by atoms with E-state index < -0.39 is 59.9 Å². The summed E-state index contributed by atoms with van der Waals surface area (Å²) in [5.41, 5.74) is -2.06. The predicted octanol–water partition coefficient (Wildman–Crippen LogP) is 3.53. The molecule has 47 heavy (non-hydrogen) atoms. The fraction of sp³-hybridized carbons (Fsp3) is 0.946. The van der Waals surface area contributed by atoms with Crippen LogP contribution in [0.2, 0.25) is 0 Å². The fourth-order valence-electron chi connectivity index (χ4n) is 13.4. The van der Waals surface area contributed by atoms with Gasteiger partial charge in [-0.05, 0) is 105 Å². The summed E-state index contributed by atoms with van der Waals surface area (Å²) in [7, 11) is 0. The van der Waals surface area contributed by atoms with E-state index in [0.29, 0.717) is 12.3 Å². The Morgan fingerprint density at radius 1 is 0.979 bits per heavy atom. The lowest BCUT2D eigenvalue weighted by Gasteiger charge is -2.62. The molecule has 7 fully saturated rings. The lowest BCUT2D eigenvalue weighted by atomic mass is 9.41. The number of hydrogen-bond donors (Lipinski definition) is 4. The van der Waals surface area contributed by atoms with Gasteiger partial charge in [0, 0.05) is 18.3 Å². The third-order valence-corrected chi connectivity index (χ3v) is 15.6. The van der Waals surface area contributed by atoms with Gasteiger partial charge in [-0.1, -0.05) is 34.6 Å². The lowest BCUT2D eigenvalue weighted by molar-refractivity contribution is -0.302. The molecule has 2 spiro atoms. The number of esters is 1. The minimum atomic E-state index is -1.31. The van der Waals surface area contributed by atoms with Crippen molar-refractivity contribution in [1.82, 2.24) is 0 Å². The zero-order chi connectivity index (χ0) is 34.3. The van der Waals surface area contributed by atoms with E-state index in [1.807, 2.05) is 0 Å². The van der Waals surface area contributed by atoms with Crippen molar-refractivity contribution in [2.24, 2.45) is 50.7 Å². The number of fused-ring (bicyclic) bond motifs is 4. The number of ether oxygens (including phenoxy) is 4. The first kappa shape index (κ1) is 34.3. The van der Waals surface area contributed by atoms with Crippen LogP contribution >= 0.6 is 0 Å². The Balaban J connectivity index is 1.15. The van der Waals surface area contributed by atoms with Gasteiger partial charge >= 0.3 is 5.97 Å². The third-order valence-electron chi connectivity index (χ3n) is 15.6. The highest BCUT2D eigenvalue weighted by Crippen LogP contribution is 2.89. The van der Waals surface area contributed by atoms with Crippen LogP contribution in [0.25, 0.3) is 0 Å². The highest BCUT2D eigenvalue weighted by molar-refractivity contribution is 5.93. The molecule has 5 aliphatic carbocycles. The number of rotatable bonds is 5. The molecule has 5 saturated carbocycles. The second kappa shape index (κ2) is 10.7. The van der Waals surface area contributed by atoms with E-state index in [1.54, 1.807) is 13.8 Å². The third kappa shape index (κ3) is 4.46. The van der Waals surface area contributed by atoms with Crippen LogP contribution in [-0.4, -0.2) is 93.4 Å². The SMILES string of the molecule is CC(=O)O[C@@H](C1C[C@@H](C)[C@H]2C(O1)C(=O)C1(C)C3CC[C@H]4C(C)(C)[C@@H](OC5OCC(O)[C@H](O)[C@H]5O)CC[C@@]45CC35CC[C@]21C)C(C)(C)O. The Morgan fingerprint density at radius 2 is 1.64 bits per heavy atom. The number of hydrogen-bond acceptors (Lipinski definition) is 10. The molecule has 7 unspecified atom stereocenters. The highest BCUT2D eigenvalue weighted by Gasteiger charge is 2.85. The van der Waals surface area contributed by atoms with Crippen molar-refractivity contribution in [3.63, 3.8) is 0 Å². The van der Waals surface area contributed by atoms with Crippen LogP contribution in [0.15, 0.2) is 0 Å². The van der Waals surface area contributed by atoms with Gasteiger partial charge < -0.3 is 39.4 Å². The van der Waals surface area contributed by atoms with Crippen molar-refractivity contribution in [3.8, 4) is 0 Å². The van der Waals surface area contributed by atoms with Crippen LogP contribution < -0.4 is 0 Å². The number of carbonyl (C=O) groups is 2. The van der Waals surface area contributed by atoms with Gasteiger partial charge in [-0.15, -0.1) is 0 Å². The largest absolute Gasteiger partial charge is 0.457 e. The maximum absolute atomic E-state index is 15.0. The molecule has 2 heterocycles. The van der Waals surface area contributed by atoms with Crippen molar-refractivity contribution in [1.29, 1.82) is 0 Å². The molecule has 4 N–H and O–H groups in total. The zero-order valence-corrected chi connectivity index (χ0v) is 29.5. The first-order valence-corrected chi connectivity index (χ1v) is 18.2. The summed E-state index contributed by atoms with van der Waals surface area (Å²) in [4.78, 5) is 27.0. The topological polar surface area (TPSA) is 152 Å². The van der Waals surface area contributed by atoms with E-state index in [9.17, 15) is 30.0 Å². The minimum absolute atomic E-state index is 0.0668. The summed E-state index contributed by atoms with van der Waals surface area (Å²) in [5.74, 6) is 0.603. The molecule has 16 atom stereocenters. The standard InChI is InChI=1S/C37H58O10/c1-18-15-21(30(33(5,6)43)45-19(2)38)46-28-25(18)34(7)13-14-37-17-36(37)12-11-24(47-31-27(41)26(40)20(39)16-44-31)32(3,4)22(36)9-10-23(37)35(34,8)29(28)42/h18,20-28,30-31,39-41,43H,9-17H2,1-8H3/t18-,20?,21?,22+,23?,24+,25+,26+,27-,28?,30+,31?,34-,35?,36-,37?/m1/s1. The van der Waals surface area contributed by atoms with Crippen LogP contribution in [0.4, 0.5) is 0 Å². The first-order chi connectivity index (χ1) is 21.8. The molecule has 7 rings (SSSR count). The van der Waals surface area contributed by atoms with E-state index in [0.717, 1.165) is 44.9 Å². The Bertz CT molecular complexity index is 1290. The highest BCUT2D eigenvalue weighted by atomic mass is 16.7. The second-order valence-corrected chi connectivity index (χ2v) is 18.4. The summed E-state index contributed by atoms with van der Waals surface area (Å²) in [6.07, 6.45) is 0.691. The van der Waals surface area contributed by atoms with Gasteiger partial charge in [-0.2, -0.15) is 0 Å². The predicted molar refractivity (Wildman–Crippen MR) is 170 cm³/mol. The maximum Gasteiger partial charge on any atom is 0.303 e. The van der Waals surface area contributed by atoms with Crippen molar-refractivity contribution < 1.29 is 49.0 Å². The number of aliphatic hydroxyl groups excluding tert-OH is 3. The van der Waals surface area contributed by atoms with Crippen LogP contribution in [0.1, 0.15) is 107 Å². The van der Waals surface area contributed by atoms with Crippen molar-refractivity contribution in [2.45, 2.75) is 161 Å². The zero-order valence-electron chi connectivity index (χ0n) is 29.5. The molecule has 0 bridgehead atoms. The van der Waals surface area contributed by atoms with Gasteiger partial charge in [0.25, 0.3) is 0 Å². The number of aliphatic hydroxyl groups is 4. The fourth-order valence-corrected chi connectivity index (χ4v) is 13.4. The Hall–Kier alpha value is -1.14. The normalized spacial score (nSPS) is 53.9. The van der Waals surface area contributed by atoms with Crippen LogP contribution in [-0.2, 0) is 28.5 Å². The molecule has 0 amide bonds. The molecule has 7 aliphatic rings. The first-order valence-electron chi connectivity index (χ1n) is 18.2. The van der Waals surface area contributed by atoms with E-state index in [-0.39, 0.29) is 57.9 Å². The molecule has 0 aromatic heterocycles. The molecule has 0 aromatic rings. The van der Waals surface area contributed by atoms with Crippen molar-refractivity contribution in [2.75, 3.05) is 6.61 Å². The summed E-state index contributed by atoms with van der Waals surface area (Å²) in [6.45, 7) is 15.9. The van der Waals surface area contributed by atoms with Gasteiger partial charge in [0.1, 0.15) is 24.4 Å². The minimum Gasteiger partial charge on any atom is -0.457 e. The van der Waals surface area contributed by atoms with Crippen LogP contribution in [0.5, 0.6) is 0 Å². The average molecular weight is 663 g/mol. The quantitative estimate of drug-likeness (QED) is 0.254. The number of carbonyl (C=O) groups excluding carboxylic acids is 2. The van der Waals surface area contributed by atoms with Crippen molar-refractivity contribution >= 4 is 11.8 Å². The molecule has 2 aliphatic heterocycles. The molecular weight excluding hydrogens is 604 g/mol. The van der Waals surface area contributed by atoms with Gasteiger partial charge in [0.2, 0.25) is 0 Å². The van der Waals surface area contributed by atoms with Crippen LogP contribution in [0, 0.1) is 50.7 Å². The smallest absolute Gasteiger partial charge is 0.303 e. The summed E-state index contributed by atoms with van der Waals surface area (Å²) < 4.78 is 24.4. The molecule has 2 saturated heterocycles. The van der Waals surface area contributed by atoms with Gasteiger partial charge in [0.15, 0.2) is 18.2 Å². The van der Waals surface area contributed by atoms with Gasteiger partial charge in [0.05, 0.1) is 24.4 Å².